The summed E-state index contributed by atoms with van der Waals surface area (Å²) < 4.78 is 4.44. The summed E-state index contributed by atoms with van der Waals surface area (Å²) in [7, 11) is 1.32. The Kier molecular flexibility index (Phi) is 3.98. The van der Waals surface area contributed by atoms with E-state index in [0.29, 0.717) is 10.0 Å². The highest BCUT2D eigenvalue weighted by Gasteiger charge is 1.98. The van der Waals surface area contributed by atoms with Crippen LogP contribution in [0.4, 0.5) is 0 Å². The molecule has 0 aliphatic heterocycles. The Hall–Kier alpha value is -0.990. The second-order valence-electron chi connectivity index (χ2n) is 2.52. The van der Waals surface area contributed by atoms with Gasteiger partial charge in [-0.05, 0) is 23.8 Å². The van der Waals surface area contributed by atoms with Crippen molar-refractivity contribution in [1.82, 2.24) is 0 Å². The molecule has 0 fully saturated rings. The van der Waals surface area contributed by atoms with Gasteiger partial charge in [-0.15, -0.1) is 0 Å². The van der Waals surface area contributed by atoms with Gasteiger partial charge in [-0.25, -0.2) is 4.79 Å². The maximum Gasteiger partial charge on any atom is 0.330 e. The fraction of sp³-hybridized carbons (Fsp3) is 0.100. The molecule has 0 unspecified atom stereocenters. The van der Waals surface area contributed by atoms with E-state index in [0.717, 1.165) is 5.56 Å². The molecular formula is C10H8Cl2O2. The molecule has 0 spiro atoms. The SMILES string of the molecule is COC(=O)/C=C/c1ccc(Cl)cc1Cl. The molecule has 1 rings (SSSR count). The number of esters is 1. The van der Waals surface area contributed by atoms with E-state index in [-0.39, 0.29) is 0 Å². The van der Waals surface area contributed by atoms with Gasteiger partial charge in [0, 0.05) is 16.1 Å². The van der Waals surface area contributed by atoms with Crippen LogP contribution in [0.5, 0.6) is 0 Å². The molecule has 0 aromatic heterocycles. The molecule has 0 bridgehead atoms. The van der Waals surface area contributed by atoms with Crippen molar-refractivity contribution >= 4 is 35.2 Å². The highest BCUT2D eigenvalue weighted by atomic mass is 35.5. The standard InChI is InChI=1S/C10H8Cl2O2/c1-14-10(13)5-3-7-2-4-8(11)6-9(7)12/h2-6H,1H3/b5-3+. The first-order valence-electron chi connectivity index (χ1n) is 3.84. The molecule has 0 N–H and O–H groups in total. The fourth-order valence-corrected chi connectivity index (χ4v) is 1.33. The average Bonchev–Trinajstić information content (AvgIpc) is 2.16. The molecule has 1 aromatic carbocycles. The van der Waals surface area contributed by atoms with E-state index in [1.165, 1.54) is 13.2 Å². The molecule has 0 saturated heterocycles. The van der Waals surface area contributed by atoms with Crippen molar-refractivity contribution < 1.29 is 9.53 Å². The van der Waals surface area contributed by atoms with E-state index in [1.54, 1.807) is 24.3 Å². The molecule has 0 aliphatic carbocycles. The van der Waals surface area contributed by atoms with E-state index < -0.39 is 5.97 Å². The summed E-state index contributed by atoms with van der Waals surface area (Å²) in [6.45, 7) is 0. The summed E-state index contributed by atoms with van der Waals surface area (Å²) >= 11 is 11.6. The Balaban J connectivity index is 2.87. The van der Waals surface area contributed by atoms with Gasteiger partial charge in [-0.2, -0.15) is 0 Å². The van der Waals surface area contributed by atoms with Gasteiger partial charge in [-0.1, -0.05) is 29.3 Å². The summed E-state index contributed by atoms with van der Waals surface area (Å²) in [4.78, 5) is 10.8. The molecule has 0 radical (unpaired) electrons. The van der Waals surface area contributed by atoms with Crippen LogP contribution in [-0.4, -0.2) is 13.1 Å². The molecular weight excluding hydrogens is 223 g/mol. The lowest BCUT2D eigenvalue weighted by molar-refractivity contribution is -0.134. The minimum atomic E-state index is -0.420. The van der Waals surface area contributed by atoms with Crippen molar-refractivity contribution in [1.29, 1.82) is 0 Å². The van der Waals surface area contributed by atoms with Crippen LogP contribution < -0.4 is 0 Å². The first-order valence-corrected chi connectivity index (χ1v) is 4.60. The largest absolute Gasteiger partial charge is 0.466 e. The van der Waals surface area contributed by atoms with Crippen molar-refractivity contribution in [3.8, 4) is 0 Å². The van der Waals surface area contributed by atoms with Crippen molar-refractivity contribution in [3.63, 3.8) is 0 Å². The van der Waals surface area contributed by atoms with E-state index in [9.17, 15) is 4.79 Å². The topological polar surface area (TPSA) is 26.3 Å². The summed E-state index contributed by atoms with van der Waals surface area (Å²) in [6.07, 6.45) is 2.87. The maximum atomic E-state index is 10.8. The molecule has 74 valence electrons. The number of hydrogen-bond donors (Lipinski definition) is 0. The van der Waals surface area contributed by atoms with Crippen molar-refractivity contribution in [3.05, 3.63) is 39.9 Å². The van der Waals surface area contributed by atoms with Crippen molar-refractivity contribution in [2.75, 3.05) is 7.11 Å². The van der Waals surface area contributed by atoms with Crippen molar-refractivity contribution in [2.24, 2.45) is 0 Å². The van der Waals surface area contributed by atoms with Crippen LogP contribution in [0.3, 0.4) is 0 Å². The van der Waals surface area contributed by atoms with Gasteiger partial charge in [-0.3, -0.25) is 0 Å². The summed E-state index contributed by atoms with van der Waals surface area (Å²) in [6, 6.07) is 5.04. The van der Waals surface area contributed by atoms with Gasteiger partial charge in [0.1, 0.15) is 0 Å². The number of halogens is 2. The molecule has 0 aliphatic rings. The number of hydrogen-bond acceptors (Lipinski definition) is 2. The van der Waals surface area contributed by atoms with E-state index in [2.05, 4.69) is 4.74 Å². The first kappa shape index (κ1) is 11.1. The Morgan fingerprint density at radius 3 is 2.71 bits per heavy atom. The molecule has 2 nitrogen and oxygen atoms in total. The fourth-order valence-electron chi connectivity index (χ4n) is 0.863. The Bertz CT molecular complexity index is 372. The average molecular weight is 231 g/mol. The number of benzene rings is 1. The monoisotopic (exact) mass is 230 g/mol. The number of methoxy groups -OCH3 is 1. The lowest BCUT2D eigenvalue weighted by Gasteiger charge is -1.97. The van der Waals surface area contributed by atoms with Gasteiger partial charge in [0.05, 0.1) is 7.11 Å². The Morgan fingerprint density at radius 1 is 1.43 bits per heavy atom. The lowest BCUT2D eigenvalue weighted by Crippen LogP contribution is -1.93. The van der Waals surface area contributed by atoms with Crippen LogP contribution in [0.15, 0.2) is 24.3 Å². The van der Waals surface area contributed by atoms with Crippen LogP contribution in [0.1, 0.15) is 5.56 Å². The highest BCUT2D eigenvalue weighted by Crippen LogP contribution is 2.21. The predicted octanol–water partition coefficient (Wildman–Crippen LogP) is 3.18. The van der Waals surface area contributed by atoms with Crippen LogP contribution in [-0.2, 0) is 9.53 Å². The number of ether oxygens (including phenoxy) is 1. The minimum Gasteiger partial charge on any atom is -0.466 e. The zero-order valence-corrected chi connectivity index (χ0v) is 8.97. The number of carbonyl (C=O) groups excluding carboxylic acids is 1. The minimum absolute atomic E-state index is 0.420. The third kappa shape index (κ3) is 3.05. The van der Waals surface area contributed by atoms with Crippen LogP contribution in [0.2, 0.25) is 10.0 Å². The maximum absolute atomic E-state index is 10.8. The quantitative estimate of drug-likeness (QED) is 0.577. The van der Waals surface area contributed by atoms with E-state index in [4.69, 9.17) is 23.2 Å². The van der Waals surface area contributed by atoms with Gasteiger partial charge >= 0.3 is 5.97 Å². The Morgan fingerprint density at radius 2 is 2.14 bits per heavy atom. The summed E-state index contributed by atoms with van der Waals surface area (Å²) in [5.74, 6) is -0.420. The smallest absolute Gasteiger partial charge is 0.330 e. The van der Waals surface area contributed by atoms with E-state index in [1.807, 2.05) is 0 Å². The van der Waals surface area contributed by atoms with Crippen molar-refractivity contribution in [2.45, 2.75) is 0 Å². The molecule has 0 saturated carbocycles. The summed E-state index contributed by atoms with van der Waals surface area (Å²) in [5.41, 5.74) is 0.724. The molecule has 4 heteroatoms. The zero-order valence-electron chi connectivity index (χ0n) is 7.46. The predicted molar refractivity (Wildman–Crippen MR) is 57.5 cm³/mol. The third-order valence-corrected chi connectivity index (χ3v) is 2.13. The number of carbonyl (C=O) groups is 1. The van der Waals surface area contributed by atoms with Crippen LogP contribution in [0.25, 0.3) is 6.08 Å². The second-order valence-corrected chi connectivity index (χ2v) is 3.37. The highest BCUT2D eigenvalue weighted by molar-refractivity contribution is 6.35. The normalized spacial score (nSPS) is 10.5. The summed E-state index contributed by atoms with van der Waals surface area (Å²) in [5, 5.41) is 1.06. The number of rotatable bonds is 2. The molecule has 0 amide bonds. The van der Waals surface area contributed by atoms with Crippen LogP contribution in [0, 0.1) is 0 Å². The van der Waals surface area contributed by atoms with Gasteiger partial charge in [0.25, 0.3) is 0 Å². The molecule has 1 aromatic rings. The van der Waals surface area contributed by atoms with Crippen LogP contribution >= 0.6 is 23.2 Å². The van der Waals surface area contributed by atoms with Gasteiger partial charge in [0.2, 0.25) is 0 Å². The molecule has 0 atom stereocenters. The second kappa shape index (κ2) is 5.03. The third-order valence-electron chi connectivity index (χ3n) is 1.56. The zero-order chi connectivity index (χ0) is 10.6. The van der Waals surface area contributed by atoms with Gasteiger partial charge in [0.15, 0.2) is 0 Å². The first-order chi connectivity index (χ1) is 6.63. The molecule has 0 heterocycles. The lowest BCUT2D eigenvalue weighted by atomic mass is 10.2. The van der Waals surface area contributed by atoms with E-state index >= 15 is 0 Å². The van der Waals surface area contributed by atoms with Gasteiger partial charge < -0.3 is 4.74 Å². The Labute approximate surface area is 92.1 Å². The molecule has 14 heavy (non-hydrogen) atoms.